The Labute approximate surface area is 349 Å². The molecule has 8 rings (SSSR count). The maximum absolute atomic E-state index is 13.5. The van der Waals surface area contributed by atoms with Gasteiger partial charge in [-0.3, -0.25) is 14.4 Å². The zero-order valence-electron chi connectivity index (χ0n) is 37.6. The molecule has 0 aromatic heterocycles. The molecule has 7 unspecified atom stereocenters. The van der Waals surface area contributed by atoms with E-state index in [0.29, 0.717) is 93.8 Å². The number of carbonyl (C=O) groups excluding carboxylic acids is 4. The number of carbonyl (C=O) groups is 4. The van der Waals surface area contributed by atoms with E-state index in [1.807, 2.05) is 0 Å². The monoisotopic (exact) mass is 805 g/mol. The Morgan fingerprint density at radius 1 is 0.702 bits per heavy atom. The fourth-order valence-electron chi connectivity index (χ4n) is 16.9. The Kier molecular flexibility index (Phi) is 12.7. The fraction of sp³-hybridized carbons (Fsp3) is 0.882. The molecule has 7 fully saturated rings. The highest BCUT2D eigenvalue weighted by molar-refractivity contribution is 7.10. The van der Waals surface area contributed by atoms with Gasteiger partial charge in [-0.25, -0.2) is 0 Å². The second-order valence-electron chi connectivity index (χ2n) is 23.2. The van der Waals surface area contributed by atoms with Gasteiger partial charge in [-0.15, -0.1) is 0 Å². The first-order valence-corrected chi connectivity index (χ1v) is 24.5. The number of ketones is 3. The van der Waals surface area contributed by atoms with Crippen molar-refractivity contribution in [3.05, 3.63) is 11.6 Å². The predicted octanol–water partition coefficient (Wildman–Crippen LogP) is 12.6. The highest BCUT2D eigenvalue weighted by Crippen LogP contribution is 2.69. The van der Waals surface area contributed by atoms with Crippen LogP contribution < -0.4 is 0 Å². The Hall–Kier alpha value is -1.35. The van der Waals surface area contributed by atoms with Crippen LogP contribution in [0.5, 0.6) is 0 Å². The van der Waals surface area contributed by atoms with Crippen LogP contribution in [-0.2, 0) is 23.7 Å². The number of Topliss-reactive ketones (excluding diaryl/α,β-unsaturated/α-hetero) is 2. The van der Waals surface area contributed by atoms with Crippen LogP contribution in [0.25, 0.3) is 0 Å². The molecule has 0 aromatic carbocycles. The molecule has 18 atom stereocenters. The van der Waals surface area contributed by atoms with Crippen LogP contribution in [0.15, 0.2) is 11.6 Å². The van der Waals surface area contributed by atoms with E-state index in [0.717, 1.165) is 43.9 Å². The van der Waals surface area contributed by atoms with Crippen molar-refractivity contribution in [2.45, 2.75) is 184 Å². The lowest BCUT2D eigenvalue weighted by atomic mass is 9.43. The van der Waals surface area contributed by atoms with Crippen LogP contribution in [0.3, 0.4) is 0 Å². The van der Waals surface area contributed by atoms with Gasteiger partial charge in [0.1, 0.15) is 11.6 Å². The molecule has 0 heterocycles. The third-order valence-corrected chi connectivity index (χ3v) is 20.6. The van der Waals surface area contributed by atoms with Gasteiger partial charge >= 0.3 is 5.97 Å². The quantitative estimate of drug-likeness (QED) is 0.228. The molecule has 0 amide bonds. The van der Waals surface area contributed by atoms with Crippen molar-refractivity contribution in [3.63, 3.8) is 0 Å². The molecule has 7 saturated carbocycles. The lowest BCUT2D eigenvalue weighted by molar-refractivity contribution is -0.158. The average Bonchev–Trinajstić information content (AvgIpc) is 3.71. The van der Waals surface area contributed by atoms with Crippen molar-refractivity contribution in [1.29, 1.82) is 0 Å². The first-order valence-electron chi connectivity index (χ1n) is 24.0. The molecular formula is C51H81O5P. The van der Waals surface area contributed by atoms with Gasteiger partial charge in [0.25, 0.3) is 0 Å². The number of hydrogen-bond donors (Lipinski definition) is 0. The van der Waals surface area contributed by atoms with E-state index < -0.39 is 0 Å². The molecule has 57 heavy (non-hydrogen) atoms. The minimum atomic E-state index is -0.134. The summed E-state index contributed by atoms with van der Waals surface area (Å²) in [5, 5.41) is 0. The van der Waals surface area contributed by atoms with E-state index >= 15 is 0 Å². The van der Waals surface area contributed by atoms with E-state index in [9.17, 15) is 19.2 Å². The molecule has 5 nitrogen and oxygen atoms in total. The van der Waals surface area contributed by atoms with E-state index in [1.165, 1.54) is 89.0 Å². The van der Waals surface area contributed by atoms with Gasteiger partial charge in [0.05, 0.1) is 9.47 Å². The largest absolute Gasteiger partial charge is 0.452 e. The molecule has 8 aliphatic carbocycles. The predicted molar refractivity (Wildman–Crippen MR) is 233 cm³/mol. The third-order valence-electron chi connectivity index (χ3n) is 20.3. The molecule has 0 N–H and O–H groups in total. The lowest BCUT2D eigenvalue weighted by Gasteiger charge is -2.60. The number of allylic oxidation sites excluding steroid dienone is 2. The molecule has 0 radical (unpaired) electrons. The van der Waals surface area contributed by atoms with E-state index in [1.54, 1.807) is 6.92 Å². The van der Waals surface area contributed by atoms with E-state index in [-0.39, 0.29) is 22.7 Å². The summed E-state index contributed by atoms with van der Waals surface area (Å²) in [5.74, 6) is 8.67. The Morgan fingerprint density at radius 2 is 1.25 bits per heavy atom. The van der Waals surface area contributed by atoms with Crippen molar-refractivity contribution in [3.8, 4) is 0 Å². The highest BCUT2D eigenvalue weighted by atomic mass is 31.0. The summed E-state index contributed by atoms with van der Waals surface area (Å²) >= 11 is 0. The molecule has 6 heteroatoms. The maximum Gasteiger partial charge on any atom is 0.307 e. The number of fused-ring (bicyclic) bond motifs is 10. The Morgan fingerprint density at radius 3 is 1.86 bits per heavy atom. The summed E-state index contributed by atoms with van der Waals surface area (Å²) in [6.45, 7) is 21.1. The summed E-state index contributed by atoms with van der Waals surface area (Å²) in [6, 6.07) is 0. The summed E-state index contributed by atoms with van der Waals surface area (Å²) in [4.78, 5) is 50.0. The lowest BCUT2D eigenvalue weighted by Crippen LogP contribution is -2.57. The Bertz CT molecular complexity index is 1580. The van der Waals surface area contributed by atoms with E-state index in [2.05, 4.69) is 70.9 Å². The van der Waals surface area contributed by atoms with Gasteiger partial charge in [-0.1, -0.05) is 67.4 Å². The smallest absolute Gasteiger partial charge is 0.307 e. The normalized spacial score (nSPS) is 47.0. The Balaban J connectivity index is 0.000000174. The minimum Gasteiger partial charge on any atom is -0.452 e. The van der Waals surface area contributed by atoms with E-state index in [4.69, 9.17) is 4.52 Å². The second kappa shape index (κ2) is 16.5. The SMILES string of the molecule is CC(=O)CC[C@@H](C)[C@H]1CCC2C3C(=O)C[C@@H]4C[C@H](C)CC[C@]4(C)C3CC[C@@]21C.C[C@@H]1CC[C@@]2(C)C(=CC(=O)C3C2CC[C@@]2(C)C3CC[C@@H]2[C@H](C)CCC(=O)OP)C1. The van der Waals surface area contributed by atoms with Crippen LogP contribution in [0, 0.1) is 98.6 Å². The molecule has 0 bridgehead atoms. The van der Waals surface area contributed by atoms with Crippen molar-refractivity contribution < 1.29 is 23.7 Å². The number of rotatable bonds is 8. The van der Waals surface area contributed by atoms with Gasteiger partial charge in [0.15, 0.2) is 5.78 Å². The van der Waals surface area contributed by atoms with Crippen LogP contribution >= 0.6 is 9.47 Å². The van der Waals surface area contributed by atoms with Gasteiger partial charge in [-0.2, -0.15) is 0 Å². The van der Waals surface area contributed by atoms with Crippen molar-refractivity contribution in [1.82, 2.24) is 0 Å². The standard InChI is InChI=1S/C26H42O2.C25H39O3P/c1-16-10-12-25(4)19(14-16)15-23(28)24-21-9-8-20(17(2)6-7-18(3)27)26(21,5)13-11-22(24)25;1-15-9-11-24(3)17(13-15)14-21(26)23-19-7-6-18(16(2)5-8-22(27)28-29)25(19,4)12-10-20(23)24/h16-17,19-22,24H,6-15H2,1-5H3;14-16,18-20,23H,5-13,29H2,1-4H3/t16-,17-,19+,20-,21?,22?,24?,25+,26-;15-,16-,18-,19?,20?,23?,24+,25-/m11/s1. The fourth-order valence-corrected chi connectivity index (χ4v) is 17.0. The second-order valence-corrected chi connectivity index (χ2v) is 23.5. The summed E-state index contributed by atoms with van der Waals surface area (Å²) < 4.78 is 4.78. The van der Waals surface area contributed by atoms with Crippen molar-refractivity contribution in [2.75, 3.05) is 0 Å². The van der Waals surface area contributed by atoms with Gasteiger partial charge in [0.2, 0.25) is 0 Å². The zero-order valence-corrected chi connectivity index (χ0v) is 38.8. The molecule has 320 valence electrons. The van der Waals surface area contributed by atoms with Gasteiger partial charge in [-0.05, 0) is 196 Å². The van der Waals surface area contributed by atoms with Gasteiger partial charge < -0.3 is 9.32 Å². The van der Waals surface area contributed by atoms with Crippen LogP contribution in [0.1, 0.15) is 184 Å². The molecule has 0 saturated heterocycles. The first kappa shape index (κ1) is 43.7. The average molecular weight is 805 g/mol. The topological polar surface area (TPSA) is 77.5 Å². The molecule has 0 spiro atoms. The van der Waals surface area contributed by atoms with Crippen LogP contribution in [-0.4, -0.2) is 23.3 Å². The highest BCUT2D eigenvalue weighted by Gasteiger charge is 2.64. The summed E-state index contributed by atoms with van der Waals surface area (Å²) in [5.41, 5.74) is 2.68. The first-order chi connectivity index (χ1) is 26.9. The van der Waals surface area contributed by atoms with Crippen LogP contribution in [0.2, 0.25) is 0 Å². The van der Waals surface area contributed by atoms with Crippen LogP contribution in [0.4, 0.5) is 0 Å². The van der Waals surface area contributed by atoms with Gasteiger partial charge in [0, 0.05) is 31.1 Å². The minimum absolute atomic E-state index is 0.134. The van der Waals surface area contributed by atoms with Crippen molar-refractivity contribution in [2.24, 2.45) is 98.6 Å². The molecule has 0 aromatic rings. The van der Waals surface area contributed by atoms with Crippen molar-refractivity contribution >= 4 is 32.8 Å². The molecule has 0 aliphatic heterocycles. The third kappa shape index (κ3) is 7.66. The molecular weight excluding hydrogens is 724 g/mol. The summed E-state index contributed by atoms with van der Waals surface area (Å²) in [7, 11) is 2.07. The zero-order chi connectivity index (χ0) is 41.2. The summed E-state index contributed by atoms with van der Waals surface area (Å²) in [6.07, 6.45) is 23.7. The molecule has 8 aliphatic rings. The number of hydrogen-bond acceptors (Lipinski definition) is 5. The maximum atomic E-state index is 13.5.